The van der Waals surface area contributed by atoms with Gasteiger partial charge in [0, 0.05) is 24.0 Å². The van der Waals surface area contributed by atoms with Crippen molar-refractivity contribution in [1.82, 2.24) is 4.90 Å². The molecule has 4 nitrogen and oxygen atoms in total. The highest BCUT2D eigenvalue weighted by molar-refractivity contribution is 7.10. The third-order valence-corrected chi connectivity index (χ3v) is 4.77. The van der Waals surface area contributed by atoms with Crippen LogP contribution in [0.1, 0.15) is 17.4 Å². The maximum absolute atomic E-state index is 10.6. The second-order valence-electron chi connectivity index (χ2n) is 5.42. The minimum Gasteiger partial charge on any atom is -0.475 e. The van der Waals surface area contributed by atoms with E-state index in [1.54, 1.807) is 11.3 Å². The Kier molecular flexibility index (Phi) is 9.07. The maximum atomic E-state index is 10.6. The van der Waals surface area contributed by atoms with Crippen LogP contribution in [0.2, 0.25) is 5.02 Å². The van der Waals surface area contributed by atoms with Gasteiger partial charge in [-0.05, 0) is 23.9 Å². The Morgan fingerprint density at radius 1 is 1.23 bits per heavy atom. The predicted molar refractivity (Wildman–Crippen MR) is 95.3 cm³/mol. The minimum absolute atomic E-state index is 0.110. The Morgan fingerprint density at radius 3 is 2.23 bits per heavy atom. The number of aliphatic carboxylic acids is 1. The van der Waals surface area contributed by atoms with Crippen LogP contribution in [0.3, 0.4) is 0 Å². The fraction of sp³-hybridized carbons (Fsp3) is 0.353. The van der Waals surface area contributed by atoms with E-state index in [-0.39, 0.29) is 12.6 Å². The number of aliphatic hydroxyl groups is 1. The molecule has 2 rings (SSSR count). The highest BCUT2D eigenvalue weighted by atomic mass is 35.5. The van der Waals surface area contributed by atoms with Gasteiger partial charge in [-0.25, -0.2) is 4.79 Å². The van der Waals surface area contributed by atoms with E-state index >= 15 is 0 Å². The van der Waals surface area contributed by atoms with E-state index in [4.69, 9.17) is 21.5 Å². The highest BCUT2D eigenvalue weighted by Crippen LogP contribution is 2.25. The van der Waals surface area contributed by atoms with E-state index in [9.17, 15) is 18.3 Å². The van der Waals surface area contributed by atoms with Crippen LogP contribution in [-0.4, -0.2) is 39.9 Å². The standard InChI is InChI=1S/C15H18ClNOS.C2HF3O2/c1-12(11-18)17(9-13-5-3-2-4-6-13)10-15-14(16)7-8-19-15;3-2(4,5)1(6)7/h2-8,12,18H,9-11H2,1H3;(H,6,7). The summed E-state index contributed by atoms with van der Waals surface area (Å²) in [5.74, 6) is -2.76. The Labute approximate surface area is 158 Å². The van der Waals surface area contributed by atoms with Crippen LogP contribution in [0.5, 0.6) is 0 Å². The van der Waals surface area contributed by atoms with Crippen LogP contribution >= 0.6 is 22.9 Å². The van der Waals surface area contributed by atoms with E-state index in [0.29, 0.717) is 0 Å². The fourth-order valence-corrected chi connectivity index (χ4v) is 3.04. The number of hydrogen-bond donors (Lipinski definition) is 2. The number of rotatable bonds is 6. The lowest BCUT2D eigenvalue weighted by atomic mass is 10.2. The molecule has 0 bridgehead atoms. The van der Waals surface area contributed by atoms with Gasteiger partial charge in [-0.15, -0.1) is 11.3 Å². The molecule has 0 fully saturated rings. The summed E-state index contributed by atoms with van der Waals surface area (Å²) >= 11 is 7.82. The van der Waals surface area contributed by atoms with Gasteiger partial charge in [-0.1, -0.05) is 41.9 Å². The summed E-state index contributed by atoms with van der Waals surface area (Å²) < 4.78 is 31.7. The summed E-state index contributed by atoms with van der Waals surface area (Å²) in [5.41, 5.74) is 1.25. The van der Waals surface area contributed by atoms with Gasteiger partial charge in [0.25, 0.3) is 0 Å². The quantitative estimate of drug-likeness (QED) is 0.741. The van der Waals surface area contributed by atoms with Crippen molar-refractivity contribution in [3.8, 4) is 0 Å². The molecule has 0 saturated heterocycles. The first-order valence-corrected chi connectivity index (χ1v) is 8.81. The smallest absolute Gasteiger partial charge is 0.475 e. The van der Waals surface area contributed by atoms with Gasteiger partial charge in [0.1, 0.15) is 0 Å². The number of alkyl halides is 3. The van der Waals surface area contributed by atoms with Crippen molar-refractivity contribution in [1.29, 1.82) is 0 Å². The van der Waals surface area contributed by atoms with Gasteiger partial charge in [-0.3, -0.25) is 4.90 Å². The first kappa shape index (κ1) is 22.4. The number of halogens is 4. The Morgan fingerprint density at radius 2 is 1.81 bits per heavy atom. The normalized spacial score (nSPS) is 12.4. The summed E-state index contributed by atoms with van der Waals surface area (Å²) in [6.07, 6.45) is -5.08. The fourth-order valence-electron chi connectivity index (χ4n) is 1.92. The van der Waals surface area contributed by atoms with Crippen LogP contribution in [0.25, 0.3) is 0 Å². The van der Waals surface area contributed by atoms with E-state index in [1.807, 2.05) is 36.6 Å². The molecule has 0 aliphatic carbocycles. The van der Waals surface area contributed by atoms with Crippen molar-refractivity contribution in [3.63, 3.8) is 0 Å². The number of nitrogens with zero attached hydrogens (tertiary/aromatic N) is 1. The molecule has 1 unspecified atom stereocenters. The Balaban J connectivity index is 0.000000412. The largest absolute Gasteiger partial charge is 0.490 e. The summed E-state index contributed by atoms with van der Waals surface area (Å²) in [5, 5.41) is 19.4. The molecule has 2 N–H and O–H groups in total. The molecule has 9 heteroatoms. The molecule has 2 aromatic rings. The zero-order valence-corrected chi connectivity index (χ0v) is 15.5. The molecule has 0 radical (unpaired) electrons. The number of aliphatic hydroxyl groups excluding tert-OH is 1. The van der Waals surface area contributed by atoms with Crippen LogP contribution in [-0.2, 0) is 17.9 Å². The number of hydrogen-bond acceptors (Lipinski definition) is 4. The molecular weight excluding hydrogens is 391 g/mol. The van der Waals surface area contributed by atoms with Crippen molar-refractivity contribution in [3.05, 3.63) is 57.2 Å². The average Bonchev–Trinajstić information content (AvgIpc) is 2.99. The molecule has 1 atom stereocenters. The molecule has 1 aromatic carbocycles. The molecule has 144 valence electrons. The molecule has 1 aromatic heterocycles. The first-order valence-electron chi connectivity index (χ1n) is 7.56. The van der Waals surface area contributed by atoms with Gasteiger partial charge in [0.15, 0.2) is 0 Å². The van der Waals surface area contributed by atoms with Crippen molar-refractivity contribution in [2.24, 2.45) is 0 Å². The van der Waals surface area contributed by atoms with Gasteiger partial charge in [-0.2, -0.15) is 13.2 Å². The molecule has 26 heavy (non-hydrogen) atoms. The van der Waals surface area contributed by atoms with E-state index in [0.717, 1.165) is 23.0 Å². The van der Waals surface area contributed by atoms with Gasteiger partial charge in [0.05, 0.1) is 11.6 Å². The molecule has 1 heterocycles. The van der Waals surface area contributed by atoms with Crippen molar-refractivity contribution in [2.75, 3.05) is 6.61 Å². The van der Waals surface area contributed by atoms with Crippen molar-refractivity contribution < 1.29 is 28.2 Å². The SMILES string of the molecule is CC(CO)N(Cc1ccccc1)Cc1sccc1Cl.O=C(O)C(F)(F)F. The second-order valence-corrected chi connectivity index (χ2v) is 6.82. The summed E-state index contributed by atoms with van der Waals surface area (Å²) in [4.78, 5) is 12.3. The van der Waals surface area contributed by atoms with E-state index in [2.05, 4.69) is 17.0 Å². The summed E-state index contributed by atoms with van der Waals surface area (Å²) in [6, 6.07) is 12.3. The average molecular weight is 410 g/mol. The highest BCUT2D eigenvalue weighted by Gasteiger charge is 2.38. The maximum Gasteiger partial charge on any atom is 0.490 e. The first-order chi connectivity index (χ1) is 12.1. The number of carboxylic acid groups (broad SMARTS) is 1. The lowest BCUT2D eigenvalue weighted by Gasteiger charge is -2.27. The third-order valence-electron chi connectivity index (χ3n) is 3.40. The Hall–Kier alpha value is -1.61. The van der Waals surface area contributed by atoms with Crippen LogP contribution in [0.15, 0.2) is 41.8 Å². The van der Waals surface area contributed by atoms with Crippen molar-refractivity contribution >= 4 is 28.9 Å². The molecule has 0 amide bonds. The molecular formula is C17H19ClF3NO3S. The zero-order valence-electron chi connectivity index (χ0n) is 13.9. The molecule has 0 aliphatic rings. The van der Waals surface area contributed by atoms with Crippen LogP contribution in [0, 0.1) is 0 Å². The monoisotopic (exact) mass is 409 g/mol. The third kappa shape index (κ3) is 7.74. The number of carboxylic acids is 1. The molecule has 0 spiro atoms. The number of thiophene rings is 1. The van der Waals surface area contributed by atoms with E-state index in [1.165, 1.54) is 5.56 Å². The van der Waals surface area contributed by atoms with E-state index < -0.39 is 12.1 Å². The zero-order chi connectivity index (χ0) is 19.7. The van der Waals surface area contributed by atoms with Crippen LogP contribution in [0.4, 0.5) is 13.2 Å². The van der Waals surface area contributed by atoms with Gasteiger partial charge < -0.3 is 10.2 Å². The Bertz CT molecular complexity index is 679. The van der Waals surface area contributed by atoms with Gasteiger partial charge >= 0.3 is 12.1 Å². The lowest BCUT2D eigenvalue weighted by molar-refractivity contribution is -0.192. The predicted octanol–water partition coefficient (Wildman–Crippen LogP) is 4.42. The number of carbonyl (C=O) groups is 1. The molecule has 0 saturated carbocycles. The lowest BCUT2D eigenvalue weighted by Crippen LogP contribution is -2.34. The minimum atomic E-state index is -5.08. The van der Waals surface area contributed by atoms with Crippen molar-refractivity contribution in [2.45, 2.75) is 32.2 Å². The topological polar surface area (TPSA) is 60.8 Å². The number of benzene rings is 1. The van der Waals surface area contributed by atoms with Crippen LogP contribution < -0.4 is 0 Å². The summed E-state index contributed by atoms with van der Waals surface area (Å²) in [7, 11) is 0. The summed E-state index contributed by atoms with van der Waals surface area (Å²) in [6.45, 7) is 3.77. The second kappa shape index (κ2) is 10.5. The molecule has 0 aliphatic heterocycles. The van der Waals surface area contributed by atoms with Gasteiger partial charge in [0.2, 0.25) is 0 Å².